The fourth-order valence-electron chi connectivity index (χ4n) is 1.49. The number of benzene rings is 1. The lowest BCUT2D eigenvalue weighted by molar-refractivity contribution is 0.103. The van der Waals surface area contributed by atoms with Crippen LogP contribution in [0.15, 0.2) is 12.1 Å². The van der Waals surface area contributed by atoms with Crippen molar-refractivity contribution in [2.45, 2.75) is 0 Å². The van der Waals surface area contributed by atoms with E-state index in [9.17, 15) is 9.18 Å². The van der Waals surface area contributed by atoms with Crippen LogP contribution < -0.4 is 16.0 Å². The molecule has 5 nitrogen and oxygen atoms in total. The molecule has 21 heavy (non-hydrogen) atoms. The highest BCUT2D eigenvalue weighted by Crippen LogP contribution is 2.30. The second-order valence-corrected chi connectivity index (χ2v) is 6.11. The molecule has 0 unspecified atom stereocenters. The summed E-state index contributed by atoms with van der Waals surface area (Å²) in [7, 11) is 3.58. The van der Waals surface area contributed by atoms with Gasteiger partial charge in [-0.3, -0.25) is 4.79 Å². The largest absolute Gasteiger partial charge is 0.382 e. The van der Waals surface area contributed by atoms with Gasteiger partial charge in [-0.15, -0.1) is 0 Å². The number of carbonyl (C=O) groups excluding carboxylic acids is 1. The average molecular weight is 349 g/mol. The van der Waals surface area contributed by atoms with Crippen molar-refractivity contribution < 1.29 is 9.18 Å². The maximum absolute atomic E-state index is 13.3. The summed E-state index contributed by atoms with van der Waals surface area (Å²) in [6.45, 7) is 0. The minimum atomic E-state index is -0.733. The highest BCUT2D eigenvalue weighted by atomic mass is 35.5. The molecular formula is C12H11Cl2FN4OS. The summed E-state index contributed by atoms with van der Waals surface area (Å²) in [4.78, 5) is 18.2. The summed E-state index contributed by atoms with van der Waals surface area (Å²) < 4.78 is 13.3. The molecule has 1 aromatic heterocycles. The van der Waals surface area contributed by atoms with E-state index in [0.29, 0.717) is 5.13 Å². The molecule has 3 N–H and O–H groups in total. The van der Waals surface area contributed by atoms with Gasteiger partial charge in [0.25, 0.3) is 5.91 Å². The maximum atomic E-state index is 13.3. The van der Waals surface area contributed by atoms with Gasteiger partial charge < -0.3 is 16.0 Å². The number of amides is 1. The molecule has 0 aliphatic carbocycles. The highest BCUT2D eigenvalue weighted by molar-refractivity contribution is 7.18. The Morgan fingerprint density at radius 2 is 1.95 bits per heavy atom. The summed E-state index contributed by atoms with van der Waals surface area (Å²) in [5, 5.41) is 2.81. The van der Waals surface area contributed by atoms with Crippen LogP contribution in [0.1, 0.15) is 9.67 Å². The molecule has 9 heteroatoms. The van der Waals surface area contributed by atoms with E-state index in [1.807, 2.05) is 0 Å². The standard InChI is InChI=1S/C12H11Cl2FN4OS/c1-19(2)12-18-10(16)9(21-12)11(20)17-5-3-6(13)8(15)7(14)4-5/h3-4H,16H2,1-2H3,(H,17,20). The van der Waals surface area contributed by atoms with Gasteiger partial charge in [-0.1, -0.05) is 34.5 Å². The van der Waals surface area contributed by atoms with Gasteiger partial charge in [-0.05, 0) is 12.1 Å². The Hall–Kier alpha value is -1.57. The number of halogens is 3. The van der Waals surface area contributed by atoms with E-state index in [0.717, 1.165) is 11.3 Å². The molecule has 1 heterocycles. The minimum Gasteiger partial charge on any atom is -0.382 e. The number of nitrogen functional groups attached to an aromatic ring is 1. The molecule has 0 spiro atoms. The van der Waals surface area contributed by atoms with Gasteiger partial charge >= 0.3 is 0 Å². The predicted octanol–water partition coefficient (Wildman–Crippen LogP) is 3.49. The lowest BCUT2D eigenvalue weighted by Crippen LogP contribution is -2.12. The summed E-state index contributed by atoms with van der Waals surface area (Å²) in [5.74, 6) is -1.07. The van der Waals surface area contributed by atoms with Crippen LogP contribution in [0.3, 0.4) is 0 Å². The molecule has 1 amide bonds. The van der Waals surface area contributed by atoms with Crippen molar-refractivity contribution in [1.29, 1.82) is 0 Å². The molecule has 0 atom stereocenters. The van der Waals surface area contributed by atoms with Gasteiger partial charge in [0.05, 0.1) is 10.0 Å². The monoisotopic (exact) mass is 348 g/mol. The maximum Gasteiger partial charge on any atom is 0.269 e. The van der Waals surface area contributed by atoms with Crippen LogP contribution in [0.5, 0.6) is 0 Å². The van der Waals surface area contributed by atoms with E-state index in [1.54, 1.807) is 19.0 Å². The second kappa shape index (κ2) is 6.05. The lowest BCUT2D eigenvalue weighted by atomic mass is 10.3. The van der Waals surface area contributed by atoms with Gasteiger partial charge in [0.15, 0.2) is 10.9 Å². The van der Waals surface area contributed by atoms with Crippen molar-refractivity contribution in [2.75, 3.05) is 30.0 Å². The molecule has 2 aromatic rings. The zero-order valence-corrected chi connectivity index (χ0v) is 13.4. The third-order valence-electron chi connectivity index (χ3n) is 2.47. The SMILES string of the molecule is CN(C)c1nc(N)c(C(=O)Nc2cc(Cl)c(F)c(Cl)c2)s1. The van der Waals surface area contributed by atoms with Crippen LogP contribution in [0.4, 0.5) is 21.0 Å². The molecule has 1 aromatic carbocycles. The highest BCUT2D eigenvalue weighted by Gasteiger charge is 2.18. The number of thiazole rings is 1. The summed E-state index contributed by atoms with van der Waals surface area (Å²) in [6.07, 6.45) is 0. The van der Waals surface area contributed by atoms with E-state index in [1.165, 1.54) is 12.1 Å². The zero-order chi connectivity index (χ0) is 15.7. The molecule has 0 radical (unpaired) electrons. The fourth-order valence-corrected chi connectivity index (χ4v) is 2.78. The van der Waals surface area contributed by atoms with Gasteiger partial charge in [0.2, 0.25) is 0 Å². The Kier molecular flexibility index (Phi) is 4.55. The van der Waals surface area contributed by atoms with E-state index in [-0.39, 0.29) is 26.4 Å². The van der Waals surface area contributed by atoms with Crippen LogP contribution in [0.25, 0.3) is 0 Å². The van der Waals surface area contributed by atoms with E-state index in [4.69, 9.17) is 28.9 Å². The van der Waals surface area contributed by atoms with Crippen molar-refractivity contribution >= 4 is 57.1 Å². The fraction of sp³-hybridized carbons (Fsp3) is 0.167. The third-order valence-corrected chi connectivity index (χ3v) is 4.26. The van der Waals surface area contributed by atoms with E-state index in [2.05, 4.69) is 10.3 Å². The van der Waals surface area contributed by atoms with Crippen LogP contribution in [-0.2, 0) is 0 Å². The quantitative estimate of drug-likeness (QED) is 0.832. The second-order valence-electron chi connectivity index (χ2n) is 4.31. The minimum absolute atomic E-state index is 0.125. The van der Waals surface area contributed by atoms with E-state index < -0.39 is 11.7 Å². The predicted molar refractivity (Wildman–Crippen MR) is 85.2 cm³/mol. The number of nitrogens with one attached hydrogen (secondary N) is 1. The van der Waals surface area contributed by atoms with Crippen LogP contribution in [-0.4, -0.2) is 25.0 Å². The lowest BCUT2D eigenvalue weighted by Gasteiger charge is -2.06. The van der Waals surface area contributed by atoms with Crippen molar-refractivity contribution in [3.63, 3.8) is 0 Å². The number of aromatic nitrogens is 1. The number of hydrogen-bond acceptors (Lipinski definition) is 5. The number of carbonyl (C=O) groups is 1. The number of hydrogen-bond donors (Lipinski definition) is 2. The van der Waals surface area contributed by atoms with Crippen molar-refractivity contribution in [3.8, 4) is 0 Å². The van der Waals surface area contributed by atoms with Crippen molar-refractivity contribution in [2.24, 2.45) is 0 Å². The number of nitrogens with two attached hydrogens (primary N) is 1. The first-order valence-corrected chi connectivity index (χ1v) is 7.26. The smallest absolute Gasteiger partial charge is 0.269 e. The van der Waals surface area contributed by atoms with Crippen LogP contribution in [0, 0.1) is 5.82 Å². The van der Waals surface area contributed by atoms with Crippen LogP contribution in [0.2, 0.25) is 10.0 Å². The van der Waals surface area contributed by atoms with E-state index >= 15 is 0 Å². The Labute approximate surface area is 134 Å². The molecule has 0 saturated heterocycles. The zero-order valence-electron chi connectivity index (χ0n) is 11.1. The molecule has 0 saturated carbocycles. The third kappa shape index (κ3) is 3.37. The topological polar surface area (TPSA) is 71.2 Å². The molecule has 0 aliphatic heterocycles. The first-order valence-electron chi connectivity index (χ1n) is 5.69. The Morgan fingerprint density at radius 3 is 2.43 bits per heavy atom. The van der Waals surface area contributed by atoms with Gasteiger partial charge in [0, 0.05) is 19.8 Å². The summed E-state index contributed by atoms with van der Waals surface area (Å²) in [6, 6.07) is 2.54. The summed E-state index contributed by atoms with van der Waals surface area (Å²) >= 11 is 12.5. The molecule has 0 aliphatic rings. The number of anilines is 3. The Bertz CT molecular complexity index is 682. The molecule has 112 valence electrons. The van der Waals surface area contributed by atoms with Crippen molar-refractivity contribution in [1.82, 2.24) is 4.98 Å². The summed E-state index contributed by atoms with van der Waals surface area (Å²) in [5.41, 5.74) is 5.99. The average Bonchev–Trinajstić information content (AvgIpc) is 2.78. The Morgan fingerprint density at radius 1 is 1.38 bits per heavy atom. The van der Waals surface area contributed by atoms with Crippen molar-refractivity contribution in [3.05, 3.63) is 32.9 Å². The molecular weight excluding hydrogens is 338 g/mol. The first kappa shape index (κ1) is 15.8. The molecule has 2 rings (SSSR count). The first-order chi connectivity index (χ1) is 9.79. The molecule has 0 fully saturated rings. The van der Waals surface area contributed by atoms with Gasteiger partial charge in [-0.2, -0.15) is 0 Å². The normalized spacial score (nSPS) is 10.5. The number of nitrogens with zero attached hydrogens (tertiary/aromatic N) is 2. The van der Waals surface area contributed by atoms with Gasteiger partial charge in [-0.25, -0.2) is 9.37 Å². The molecule has 0 bridgehead atoms. The number of rotatable bonds is 3. The van der Waals surface area contributed by atoms with Gasteiger partial charge in [0.1, 0.15) is 10.7 Å². The Balaban J connectivity index is 2.26. The van der Waals surface area contributed by atoms with Crippen LogP contribution >= 0.6 is 34.5 Å².